The van der Waals surface area contributed by atoms with Crippen LogP contribution in [0, 0.1) is 62.7 Å². The van der Waals surface area contributed by atoms with Gasteiger partial charge in [-0.15, -0.1) is 23.5 Å². The quantitative estimate of drug-likeness (QED) is 0.0424. The molecule has 0 bridgehead atoms. The maximum absolute atomic E-state index is 12.9. The summed E-state index contributed by atoms with van der Waals surface area (Å²) in [6.07, 6.45) is 0.178. The number of allylic oxidation sites excluding steroid dienone is 1. The Labute approximate surface area is 514 Å². The van der Waals surface area contributed by atoms with E-state index in [1.165, 1.54) is 35.0 Å². The van der Waals surface area contributed by atoms with Gasteiger partial charge in [-0.3, -0.25) is 14.4 Å². The highest BCUT2D eigenvalue weighted by molar-refractivity contribution is 8.15. The Hall–Kier alpha value is -10.2. The first-order valence-corrected chi connectivity index (χ1v) is 29.2. The number of amides is 3. The van der Waals surface area contributed by atoms with Gasteiger partial charge in [-0.2, -0.15) is 10.5 Å². The summed E-state index contributed by atoms with van der Waals surface area (Å²) >= 11 is 2.45. The lowest BCUT2D eigenvalue weighted by atomic mass is 9.87. The molecular weight excluding hydrogens is 1140 g/mol. The molecule has 17 nitrogen and oxygen atoms in total. The minimum atomic E-state index is -0.290. The fourth-order valence-corrected chi connectivity index (χ4v) is 9.52. The Morgan fingerprint density at radius 3 is 1.90 bits per heavy atom. The van der Waals surface area contributed by atoms with E-state index in [4.69, 9.17) is 21.8 Å². The lowest BCUT2D eigenvalue weighted by Gasteiger charge is -2.19. The lowest BCUT2D eigenvalue weighted by Crippen LogP contribution is -2.17. The minimum Gasteiger partial charge on any atom is -0.494 e. The van der Waals surface area contributed by atoms with Gasteiger partial charge in [-0.05, 0) is 152 Å². The van der Waals surface area contributed by atoms with E-state index in [0.29, 0.717) is 62.1 Å². The summed E-state index contributed by atoms with van der Waals surface area (Å²) in [5.41, 5.74) is 13.1. The highest BCUT2D eigenvalue weighted by Crippen LogP contribution is 2.29. The maximum Gasteiger partial charge on any atom is 0.255 e. The van der Waals surface area contributed by atoms with E-state index in [1.54, 1.807) is 19.1 Å². The van der Waals surface area contributed by atoms with E-state index in [0.717, 1.165) is 62.5 Å². The van der Waals surface area contributed by atoms with Gasteiger partial charge in [0, 0.05) is 46.1 Å². The van der Waals surface area contributed by atoms with Crippen LogP contribution in [0.5, 0.6) is 0 Å². The lowest BCUT2D eigenvalue weighted by molar-refractivity contribution is -0.117. The number of hydrogen-bond donors (Lipinski definition) is 4. The van der Waals surface area contributed by atoms with Crippen molar-refractivity contribution in [2.24, 2.45) is 4.99 Å². The Morgan fingerprint density at radius 1 is 0.747 bits per heavy atom. The van der Waals surface area contributed by atoms with E-state index in [1.807, 2.05) is 168 Å². The molecule has 0 unspecified atom stereocenters. The number of nitrogens with zero attached hydrogens (tertiary/aromatic N) is 8. The first-order chi connectivity index (χ1) is 41.6. The molecule has 1 aliphatic heterocycles. The fraction of sp³-hybridized carbons (Fsp3) is 0.209. The van der Waals surface area contributed by atoms with Crippen LogP contribution in [-0.4, -0.2) is 55.4 Å². The van der Waals surface area contributed by atoms with E-state index in [-0.39, 0.29) is 46.7 Å². The van der Waals surface area contributed by atoms with Crippen molar-refractivity contribution in [3.05, 3.63) is 236 Å². The van der Waals surface area contributed by atoms with Gasteiger partial charge in [0.15, 0.2) is 11.4 Å². The number of fused-ring (bicyclic) bond motifs is 1. The van der Waals surface area contributed by atoms with E-state index in [2.05, 4.69) is 83.4 Å². The molecule has 0 saturated heterocycles. The first kappa shape index (κ1) is 65.9. The smallest absolute Gasteiger partial charge is 0.255 e. The van der Waals surface area contributed by atoms with Gasteiger partial charge in [-0.25, -0.2) is 28.8 Å². The van der Waals surface area contributed by atoms with Gasteiger partial charge in [0.05, 0.1) is 24.6 Å². The molecule has 442 valence electrons. The second kappa shape index (κ2) is 32.2. The molecule has 0 aliphatic carbocycles. The van der Waals surface area contributed by atoms with Crippen molar-refractivity contribution >= 4 is 91.9 Å². The van der Waals surface area contributed by atoms with Crippen LogP contribution in [0.2, 0.25) is 0 Å². The third-order valence-corrected chi connectivity index (χ3v) is 14.5. The van der Waals surface area contributed by atoms with Crippen molar-refractivity contribution in [1.82, 2.24) is 20.3 Å². The van der Waals surface area contributed by atoms with Crippen molar-refractivity contribution in [1.29, 1.82) is 10.5 Å². The molecule has 9 rings (SSSR count). The molecule has 20 heteroatoms. The van der Waals surface area contributed by atoms with Crippen LogP contribution in [0.1, 0.15) is 90.5 Å². The molecule has 0 spiro atoms. The Morgan fingerprint density at radius 2 is 1.32 bits per heavy atom. The van der Waals surface area contributed by atoms with Gasteiger partial charge in [0.25, 0.3) is 5.91 Å². The monoisotopic (exact) mass is 1200 g/mol. The fourth-order valence-electron chi connectivity index (χ4n) is 7.73. The number of rotatable bonds is 15. The second-order valence-corrected chi connectivity index (χ2v) is 22.5. The van der Waals surface area contributed by atoms with Gasteiger partial charge < -0.3 is 26.0 Å². The molecule has 6 aromatic carbocycles. The SMILES string of the molecule is C=C(OCC)c1ccc(NC(=O)c2ccc(C(C)(C)C)cc2)cc1.Cc1ccc(NC(SCc2ccc(F)cc2)=C(C#N)C#N)cc1.Cc1cccc(Nc2nc3nonc3nc2C)c1.[C-]#[N+]C1=C(C)CC(=O)N=C1SCC(=O)Nc1ccc(C)cc1. The largest absolute Gasteiger partial charge is 0.494 e. The van der Waals surface area contributed by atoms with Crippen LogP contribution in [0.3, 0.4) is 0 Å². The number of dihydropyridines is 1. The molecule has 4 N–H and O–H groups in total. The number of halogens is 1. The van der Waals surface area contributed by atoms with Crippen molar-refractivity contribution in [3.63, 3.8) is 0 Å². The molecule has 0 radical (unpaired) electrons. The topological polar surface area (TPSA) is 238 Å². The molecular formula is C67H65FN12O5S2. The van der Waals surface area contributed by atoms with Gasteiger partial charge in [-0.1, -0.05) is 112 Å². The first-order valence-electron chi connectivity index (χ1n) is 27.2. The van der Waals surface area contributed by atoms with E-state index in [9.17, 15) is 18.8 Å². The van der Waals surface area contributed by atoms with E-state index < -0.39 is 0 Å². The Bertz CT molecular complexity index is 3930. The average Bonchev–Trinajstić information content (AvgIpc) is 3.95. The summed E-state index contributed by atoms with van der Waals surface area (Å²) in [6.45, 7) is 29.6. The summed E-state index contributed by atoms with van der Waals surface area (Å²) in [5, 5.41) is 38.4. The second-order valence-electron chi connectivity index (χ2n) is 20.5. The van der Waals surface area contributed by atoms with Crippen molar-refractivity contribution in [3.8, 4) is 12.1 Å². The molecule has 0 saturated carbocycles. The third kappa shape index (κ3) is 20.8. The zero-order valence-corrected chi connectivity index (χ0v) is 51.3. The summed E-state index contributed by atoms with van der Waals surface area (Å²) in [4.78, 5) is 51.6. The highest BCUT2D eigenvalue weighted by atomic mass is 32.2. The van der Waals surface area contributed by atoms with Crippen LogP contribution < -0.4 is 21.3 Å². The number of ether oxygens (including phenoxy) is 1. The van der Waals surface area contributed by atoms with Crippen molar-refractivity contribution < 1.29 is 28.1 Å². The standard InChI is InChI=1S/C21H25NO2.C18H14FN3S.C16H15N3O2S.C12H11N5O/c1-6-24-15(2)16-9-13-19(14-10-16)22-20(23)17-7-11-18(12-8-17)21(3,4)5;1-13-2-8-17(9-3-13)22-18(15(10-20)11-21)23-12-14-4-6-16(19)7-5-14;1-10-4-6-12(7-5-10)18-14(21)9-22-16-15(17-3)11(2)8-13(20)19-16;1-7-4-3-5-9(6-7)14-10-8(2)13-11-12(15-10)17-18-16-11/h7-14H,2,6H2,1,3-5H3,(H,22,23);2-9,22H,12H2,1H3;4-7H,8-9H2,1-2H3,(H,18,21);3-6H,1-2H3,(H,14,15,17). The summed E-state index contributed by atoms with van der Waals surface area (Å²) in [6, 6.07) is 48.3. The van der Waals surface area contributed by atoms with Crippen LogP contribution in [0.25, 0.3) is 21.9 Å². The summed E-state index contributed by atoms with van der Waals surface area (Å²) < 4.78 is 22.9. The van der Waals surface area contributed by atoms with Gasteiger partial charge in [0.1, 0.15) is 33.8 Å². The predicted octanol–water partition coefficient (Wildman–Crippen LogP) is 15.5. The van der Waals surface area contributed by atoms with Crippen molar-refractivity contribution in [2.75, 3.05) is 33.6 Å². The number of hydrogen-bond acceptors (Lipinski definition) is 15. The number of nitrogens with one attached hydrogen (secondary N) is 4. The number of anilines is 5. The zero-order valence-electron chi connectivity index (χ0n) is 49.7. The number of benzene rings is 6. The zero-order chi connectivity index (χ0) is 63.0. The number of carbonyl (C=O) groups is 3. The molecule has 0 atom stereocenters. The van der Waals surface area contributed by atoms with Gasteiger partial charge >= 0.3 is 0 Å². The number of aryl methyl sites for hydroxylation is 4. The molecule has 3 heterocycles. The van der Waals surface area contributed by atoms with Crippen LogP contribution >= 0.6 is 23.5 Å². The Kier molecular flexibility index (Phi) is 24.4. The van der Waals surface area contributed by atoms with Gasteiger partial charge in [0.2, 0.25) is 28.8 Å². The van der Waals surface area contributed by atoms with Crippen LogP contribution in [0.15, 0.2) is 184 Å². The number of aromatic nitrogens is 4. The number of carbonyl (C=O) groups excluding carboxylic acids is 3. The normalized spacial score (nSPS) is 11.4. The van der Waals surface area contributed by atoms with Crippen molar-refractivity contribution in [2.45, 2.75) is 79.9 Å². The predicted molar refractivity (Wildman–Crippen MR) is 346 cm³/mol. The molecule has 8 aromatic rings. The molecule has 87 heavy (non-hydrogen) atoms. The number of nitriles is 2. The number of aliphatic imine (C=N–C) groups is 1. The van der Waals surface area contributed by atoms with E-state index >= 15 is 0 Å². The molecule has 3 amide bonds. The third-order valence-electron chi connectivity index (χ3n) is 12.5. The molecule has 2 aromatic heterocycles. The summed E-state index contributed by atoms with van der Waals surface area (Å²) in [7, 11) is 0. The Balaban J connectivity index is 0.000000186. The summed E-state index contributed by atoms with van der Waals surface area (Å²) in [5.74, 6) is 1.04. The molecule has 1 aliphatic rings. The average molecular weight is 1200 g/mol. The van der Waals surface area contributed by atoms with Crippen LogP contribution in [0.4, 0.5) is 33.0 Å². The highest BCUT2D eigenvalue weighted by Gasteiger charge is 2.22. The number of thioether (sulfide) groups is 2. The maximum atomic E-state index is 12.9. The van der Waals surface area contributed by atoms with Crippen LogP contribution in [-0.2, 0) is 25.5 Å². The minimum absolute atomic E-state index is 0.0256. The molecule has 0 fully saturated rings.